The Hall–Kier alpha value is -1.39. The van der Waals surface area contributed by atoms with Crippen LogP contribution in [0.5, 0.6) is 0 Å². The number of carbonyl (C=O) groups excluding carboxylic acids is 1. The van der Waals surface area contributed by atoms with Gasteiger partial charge in [-0.25, -0.2) is 0 Å². The van der Waals surface area contributed by atoms with E-state index >= 15 is 0 Å². The second-order valence-corrected chi connectivity index (χ2v) is 7.78. The van der Waals surface area contributed by atoms with Crippen molar-refractivity contribution in [2.45, 2.75) is 70.9 Å². The Balaban J connectivity index is 1.61. The van der Waals surface area contributed by atoms with Crippen LogP contribution < -0.4 is 0 Å². The van der Waals surface area contributed by atoms with Gasteiger partial charge < -0.3 is 14.2 Å². The van der Waals surface area contributed by atoms with E-state index in [1.165, 1.54) is 19.3 Å². The predicted molar refractivity (Wildman–Crippen MR) is 95.8 cm³/mol. The number of carbonyl (C=O) groups is 1. The monoisotopic (exact) mass is 346 g/mol. The van der Waals surface area contributed by atoms with Gasteiger partial charge in [0, 0.05) is 0 Å². The van der Waals surface area contributed by atoms with Crippen LogP contribution in [0.3, 0.4) is 0 Å². The predicted octanol–water partition coefficient (Wildman–Crippen LogP) is 4.47. The number of ether oxygens (including phenoxy) is 3. The van der Waals surface area contributed by atoms with Gasteiger partial charge in [-0.3, -0.25) is 4.79 Å². The average Bonchev–Trinajstić information content (AvgIpc) is 2.98. The lowest BCUT2D eigenvalue weighted by Crippen LogP contribution is -2.32. The summed E-state index contributed by atoms with van der Waals surface area (Å²) in [5.41, 5.74) is 1.03. The van der Waals surface area contributed by atoms with Crippen LogP contribution in [-0.2, 0) is 25.6 Å². The third kappa shape index (κ3) is 5.29. The number of hydrogen-bond donors (Lipinski definition) is 0. The fraction of sp³-hybridized carbons (Fsp3) is 0.667. The van der Waals surface area contributed by atoms with E-state index in [9.17, 15) is 4.79 Å². The van der Waals surface area contributed by atoms with Gasteiger partial charge in [-0.2, -0.15) is 0 Å². The molecule has 4 nitrogen and oxygen atoms in total. The van der Waals surface area contributed by atoms with E-state index in [4.69, 9.17) is 14.2 Å². The van der Waals surface area contributed by atoms with Crippen molar-refractivity contribution in [1.82, 2.24) is 0 Å². The molecule has 1 saturated carbocycles. The van der Waals surface area contributed by atoms with Gasteiger partial charge in [0.15, 0.2) is 5.79 Å². The average molecular weight is 346 g/mol. The molecule has 1 aromatic carbocycles. The second kappa shape index (κ2) is 8.33. The minimum absolute atomic E-state index is 0.0220. The molecule has 0 spiro atoms. The highest BCUT2D eigenvalue weighted by Crippen LogP contribution is 2.36. The molecule has 138 valence electrons. The molecule has 1 unspecified atom stereocenters. The number of benzene rings is 1. The molecule has 2 atom stereocenters. The van der Waals surface area contributed by atoms with E-state index in [-0.39, 0.29) is 18.0 Å². The SMILES string of the molecule is CC1(C)OC[C@H](CC(C(=O)OCc2ccccc2)C2CCCCC2)O1. The summed E-state index contributed by atoms with van der Waals surface area (Å²) in [5.74, 6) is -0.310. The first kappa shape index (κ1) is 18.4. The third-order valence-corrected chi connectivity index (χ3v) is 5.33. The van der Waals surface area contributed by atoms with Gasteiger partial charge in [-0.05, 0) is 44.6 Å². The van der Waals surface area contributed by atoms with Crippen LogP contribution in [0, 0.1) is 11.8 Å². The van der Waals surface area contributed by atoms with Crippen LogP contribution in [0.2, 0.25) is 0 Å². The van der Waals surface area contributed by atoms with E-state index in [1.807, 2.05) is 44.2 Å². The molecule has 1 saturated heterocycles. The quantitative estimate of drug-likeness (QED) is 0.713. The van der Waals surface area contributed by atoms with Gasteiger partial charge in [0.05, 0.1) is 18.6 Å². The summed E-state index contributed by atoms with van der Waals surface area (Å²) in [6.07, 6.45) is 6.59. The first-order valence-electron chi connectivity index (χ1n) is 9.56. The second-order valence-electron chi connectivity index (χ2n) is 7.78. The fourth-order valence-corrected chi connectivity index (χ4v) is 4.02. The molecule has 0 radical (unpaired) electrons. The van der Waals surface area contributed by atoms with E-state index in [2.05, 4.69) is 0 Å². The molecule has 1 aromatic rings. The van der Waals surface area contributed by atoms with Crippen molar-refractivity contribution >= 4 is 5.97 Å². The van der Waals surface area contributed by atoms with Crippen LogP contribution in [0.15, 0.2) is 30.3 Å². The number of esters is 1. The van der Waals surface area contributed by atoms with Crippen molar-refractivity contribution < 1.29 is 19.0 Å². The van der Waals surface area contributed by atoms with Crippen LogP contribution in [0.4, 0.5) is 0 Å². The van der Waals surface area contributed by atoms with Crippen LogP contribution in [0.1, 0.15) is 57.9 Å². The molecule has 1 aliphatic carbocycles. The molecule has 0 bridgehead atoms. The Morgan fingerprint density at radius 1 is 1.20 bits per heavy atom. The van der Waals surface area contributed by atoms with E-state index in [1.54, 1.807) is 0 Å². The summed E-state index contributed by atoms with van der Waals surface area (Å²) < 4.78 is 17.3. The molecular formula is C21H30O4. The van der Waals surface area contributed by atoms with Gasteiger partial charge in [0.25, 0.3) is 0 Å². The highest BCUT2D eigenvalue weighted by molar-refractivity contribution is 5.73. The highest BCUT2D eigenvalue weighted by atomic mass is 16.7. The lowest BCUT2D eigenvalue weighted by molar-refractivity contribution is -0.158. The summed E-state index contributed by atoms with van der Waals surface area (Å²) in [4.78, 5) is 12.8. The van der Waals surface area contributed by atoms with Crippen molar-refractivity contribution in [2.24, 2.45) is 11.8 Å². The first-order chi connectivity index (χ1) is 12.0. The maximum atomic E-state index is 12.8. The van der Waals surface area contributed by atoms with Crippen molar-refractivity contribution in [3.05, 3.63) is 35.9 Å². The Morgan fingerprint density at radius 3 is 2.56 bits per heavy atom. The molecule has 3 rings (SSSR count). The van der Waals surface area contributed by atoms with Gasteiger partial charge in [0.2, 0.25) is 0 Å². The van der Waals surface area contributed by atoms with E-state index < -0.39 is 5.79 Å². The topological polar surface area (TPSA) is 44.8 Å². The lowest BCUT2D eigenvalue weighted by atomic mass is 9.77. The Bertz CT molecular complexity index is 548. The van der Waals surface area contributed by atoms with Crippen LogP contribution in [-0.4, -0.2) is 24.5 Å². The highest BCUT2D eigenvalue weighted by Gasteiger charge is 2.38. The van der Waals surface area contributed by atoms with Crippen molar-refractivity contribution in [1.29, 1.82) is 0 Å². The van der Waals surface area contributed by atoms with Gasteiger partial charge in [-0.1, -0.05) is 49.6 Å². The molecule has 4 heteroatoms. The molecule has 1 heterocycles. The maximum Gasteiger partial charge on any atom is 0.309 e. The molecule has 25 heavy (non-hydrogen) atoms. The zero-order valence-corrected chi connectivity index (χ0v) is 15.4. The number of rotatable bonds is 6. The van der Waals surface area contributed by atoms with Gasteiger partial charge >= 0.3 is 5.97 Å². The van der Waals surface area contributed by atoms with E-state index in [0.717, 1.165) is 18.4 Å². The summed E-state index contributed by atoms with van der Waals surface area (Å²) in [7, 11) is 0. The minimum atomic E-state index is -0.546. The number of hydrogen-bond acceptors (Lipinski definition) is 4. The normalized spacial score (nSPS) is 24.8. The Morgan fingerprint density at radius 2 is 1.92 bits per heavy atom. The van der Waals surface area contributed by atoms with Crippen LogP contribution in [0.25, 0.3) is 0 Å². The molecule has 0 aromatic heterocycles. The molecule has 0 amide bonds. The summed E-state index contributed by atoms with van der Waals surface area (Å²) in [5, 5.41) is 0. The smallest absolute Gasteiger partial charge is 0.309 e. The third-order valence-electron chi connectivity index (χ3n) is 5.33. The van der Waals surface area contributed by atoms with Gasteiger partial charge in [-0.15, -0.1) is 0 Å². The van der Waals surface area contributed by atoms with Crippen molar-refractivity contribution in [3.8, 4) is 0 Å². The van der Waals surface area contributed by atoms with E-state index in [0.29, 0.717) is 25.6 Å². The summed E-state index contributed by atoms with van der Waals surface area (Å²) >= 11 is 0. The largest absolute Gasteiger partial charge is 0.461 e. The molecule has 2 fully saturated rings. The standard InChI is InChI=1S/C21H30O4/c1-21(2)24-15-18(25-21)13-19(17-11-7-4-8-12-17)20(22)23-14-16-9-5-3-6-10-16/h3,5-6,9-10,17-19H,4,7-8,11-15H2,1-2H3/t18-,19?/m0/s1. The first-order valence-corrected chi connectivity index (χ1v) is 9.56. The van der Waals surface area contributed by atoms with Crippen molar-refractivity contribution in [3.63, 3.8) is 0 Å². The molecule has 0 N–H and O–H groups in total. The zero-order valence-electron chi connectivity index (χ0n) is 15.4. The molecular weight excluding hydrogens is 316 g/mol. The Labute approximate surface area is 150 Å². The van der Waals surface area contributed by atoms with Gasteiger partial charge in [0.1, 0.15) is 6.61 Å². The van der Waals surface area contributed by atoms with Crippen LogP contribution >= 0.6 is 0 Å². The zero-order chi connectivity index (χ0) is 17.7. The Kier molecular flexibility index (Phi) is 6.13. The lowest BCUT2D eigenvalue weighted by Gasteiger charge is -2.30. The minimum Gasteiger partial charge on any atom is -0.461 e. The maximum absolute atomic E-state index is 12.8. The van der Waals surface area contributed by atoms with Crippen molar-refractivity contribution in [2.75, 3.05) is 6.61 Å². The fourth-order valence-electron chi connectivity index (χ4n) is 4.02. The molecule has 2 aliphatic rings. The summed E-state index contributed by atoms with van der Waals surface area (Å²) in [6.45, 7) is 4.76. The summed E-state index contributed by atoms with van der Waals surface area (Å²) in [6, 6.07) is 9.87. The molecule has 1 aliphatic heterocycles.